The first-order valence-corrected chi connectivity index (χ1v) is 6.76. The molecule has 0 saturated carbocycles. The molecule has 1 atom stereocenters. The Morgan fingerprint density at radius 2 is 2.26 bits per heavy atom. The van der Waals surface area contributed by atoms with Gasteiger partial charge in [-0.2, -0.15) is 11.8 Å². The molecule has 1 rings (SSSR count). The third-order valence-corrected chi connectivity index (χ3v) is 3.27. The van der Waals surface area contributed by atoms with Gasteiger partial charge in [0.2, 0.25) is 11.8 Å². The van der Waals surface area contributed by atoms with Crippen LogP contribution in [0, 0.1) is 0 Å². The minimum absolute atomic E-state index is 0.286. The minimum atomic E-state index is -1.04. The van der Waals surface area contributed by atoms with Crippen LogP contribution in [0.5, 0.6) is 5.88 Å². The smallest absolute Gasteiger partial charge is 0.327 e. The van der Waals surface area contributed by atoms with E-state index in [4.69, 9.17) is 9.84 Å². The highest BCUT2D eigenvalue weighted by Crippen LogP contribution is 2.14. The average Bonchev–Trinajstić information content (AvgIpc) is 2.37. The van der Waals surface area contributed by atoms with Crippen LogP contribution < -0.4 is 10.1 Å². The quantitative estimate of drug-likeness (QED) is 0.774. The number of carboxylic acid groups (broad SMARTS) is 1. The zero-order valence-corrected chi connectivity index (χ0v) is 11.6. The molecule has 1 amide bonds. The lowest BCUT2D eigenvalue weighted by Gasteiger charge is -2.12. The van der Waals surface area contributed by atoms with E-state index in [1.807, 2.05) is 12.1 Å². The normalized spacial score (nSPS) is 11.7. The van der Waals surface area contributed by atoms with Gasteiger partial charge in [-0.3, -0.25) is 4.79 Å². The van der Waals surface area contributed by atoms with Gasteiger partial charge < -0.3 is 15.2 Å². The molecule has 1 heterocycles. The van der Waals surface area contributed by atoms with E-state index in [1.165, 1.54) is 25.8 Å². The molecule has 1 aromatic rings. The summed E-state index contributed by atoms with van der Waals surface area (Å²) in [4.78, 5) is 26.0. The van der Waals surface area contributed by atoms with Gasteiger partial charge in [0, 0.05) is 24.5 Å². The number of hydrogen-bond acceptors (Lipinski definition) is 5. The van der Waals surface area contributed by atoms with Gasteiger partial charge in [-0.05, 0) is 6.07 Å². The first-order valence-electron chi connectivity index (χ1n) is 5.60. The van der Waals surface area contributed by atoms with Crippen molar-refractivity contribution < 1.29 is 19.4 Å². The lowest BCUT2D eigenvalue weighted by molar-refractivity contribution is -0.140. The fourth-order valence-corrected chi connectivity index (χ4v) is 2.30. The van der Waals surface area contributed by atoms with Crippen molar-refractivity contribution in [2.45, 2.75) is 18.7 Å². The highest BCUT2D eigenvalue weighted by molar-refractivity contribution is 7.98. The predicted octanol–water partition coefficient (Wildman–Crippen LogP) is 0.913. The number of nitrogens with one attached hydrogen (secondary N) is 1. The molecule has 19 heavy (non-hydrogen) atoms. The second kappa shape index (κ2) is 7.63. The standard InChI is InChI=1S/C12H16N2O4S/c1-8(15)13-10(12(16)17)7-19-6-9-4-3-5-11(14-9)18-2/h3-5,10H,6-7H2,1-2H3,(H,13,15)(H,16,17)/t10-/m0/s1. The number of nitrogens with zero attached hydrogens (tertiary/aromatic N) is 1. The molecule has 1 aromatic heterocycles. The monoisotopic (exact) mass is 284 g/mol. The van der Waals surface area contributed by atoms with Gasteiger partial charge in [-0.25, -0.2) is 9.78 Å². The van der Waals surface area contributed by atoms with E-state index >= 15 is 0 Å². The molecule has 0 saturated heterocycles. The van der Waals surface area contributed by atoms with Gasteiger partial charge in [-0.1, -0.05) is 6.07 Å². The summed E-state index contributed by atoms with van der Waals surface area (Å²) in [5.74, 6) is -0.0301. The van der Waals surface area contributed by atoms with Gasteiger partial charge in [-0.15, -0.1) is 0 Å². The van der Waals surface area contributed by atoms with Gasteiger partial charge in [0.15, 0.2) is 0 Å². The highest BCUT2D eigenvalue weighted by Gasteiger charge is 2.18. The van der Waals surface area contributed by atoms with Crippen LogP contribution in [0.2, 0.25) is 0 Å². The summed E-state index contributed by atoms with van der Waals surface area (Å²) in [7, 11) is 1.54. The Morgan fingerprint density at radius 1 is 1.53 bits per heavy atom. The van der Waals surface area contributed by atoms with Crippen LogP contribution in [0.25, 0.3) is 0 Å². The number of ether oxygens (including phenoxy) is 1. The second-order valence-electron chi connectivity index (χ2n) is 3.78. The minimum Gasteiger partial charge on any atom is -0.481 e. The topological polar surface area (TPSA) is 88.5 Å². The third kappa shape index (κ3) is 5.60. The van der Waals surface area contributed by atoms with E-state index in [2.05, 4.69) is 10.3 Å². The number of carbonyl (C=O) groups excluding carboxylic acids is 1. The lowest BCUT2D eigenvalue weighted by atomic mass is 10.3. The number of aliphatic carboxylic acids is 1. The van der Waals surface area contributed by atoms with Gasteiger partial charge >= 0.3 is 5.97 Å². The van der Waals surface area contributed by atoms with E-state index in [-0.39, 0.29) is 11.7 Å². The molecule has 0 aliphatic rings. The maximum absolute atomic E-state index is 10.9. The molecule has 0 aliphatic carbocycles. The maximum atomic E-state index is 10.9. The van der Waals surface area contributed by atoms with Crippen LogP contribution in [0.4, 0.5) is 0 Å². The second-order valence-corrected chi connectivity index (χ2v) is 4.81. The van der Waals surface area contributed by atoms with Gasteiger partial charge in [0.05, 0.1) is 12.8 Å². The number of aromatic nitrogens is 1. The number of hydrogen-bond donors (Lipinski definition) is 2. The molecule has 2 N–H and O–H groups in total. The van der Waals surface area contributed by atoms with Crippen LogP contribution in [0.15, 0.2) is 18.2 Å². The number of carboxylic acids is 1. The van der Waals surface area contributed by atoms with Crippen LogP contribution in [-0.2, 0) is 15.3 Å². The fourth-order valence-electron chi connectivity index (χ4n) is 1.35. The van der Waals surface area contributed by atoms with Crippen molar-refractivity contribution in [2.24, 2.45) is 0 Å². The van der Waals surface area contributed by atoms with Crippen molar-refractivity contribution in [1.82, 2.24) is 10.3 Å². The van der Waals surface area contributed by atoms with Crippen molar-refractivity contribution in [1.29, 1.82) is 0 Å². The molecule has 0 bridgehead atoms. The molecule has 0 fully saturated rings. The lowest BCUT2D eigenvalue weighted by Crippen LogP contribution is -2.41. The van der Waals surface area contributed by atoms with Crippen LogP contribution in [0.3, 0.4) is 0 Å². The van der Waals surface area contributed by atoms with Gasteiger partial charge in [0.1, 0.15) is 6.04 Å². The summed E-state index contributed by atoms with van der Waals surface area (Å²) in [6.45, 7) is 1.30. The van der Waals surface area contributed by atoms with Crippen molar-refractivity contribution in [3.05, 3.63) is 23.9 Å². The molecule has 7 heteroatoms. The van der Waals surface area contributed by atoms with Gasteiger partial charge in [0.25, 0.3) is 0 Å². The van der Waals surface area contributed by atoms with Crippen LogP contribution in [0.1, 0.15) is 12.6 Å². The Bertz CT molecular complexity index is 453. The molecular weight excluding hydrogens is 268 g/mol. The van der Waals surface area contributed by atoms with E-state index < -0.39 is 12.0 Å². The largest absolute Gasteiger partial charge is 0.481 e. The highest BCUT2D eigenvalue weighted by atomic mass is 32.2. The molecule has 104 valence electrons. The first kappa shape index (κ1) is 15.3. The van der Waals surface area contributed by atoms with Crippen LogP contribution >= 0.6 is 11.8 Å². The van der Waals surface area contributed by atoms with Crippen molar-refractivity contribution in [3.8, 4) is 5.88 Å². The van der Waals surface area contributed by atoms with Crippen molar-refractivity contribution in [3.63, 3.8) is 0 Å². The van der Waals surface area contributed by atoms with E-state index in [1.54, 1.807) is 6.07 Å². The molecule has 0 unspecified atom stereocenters. The SMILES string of the molecule is COc1cccc(CSC[C@H](NC(C)=O)C(=O)O)n1. The summed E-state index contributed by atoms with van der Waals surface area (Å²) in [5, 5.41) is 11.3. The number of thioether (sulfide) groups is 1. The zero-order chi connectivity index (χ0) is 14.3. The molecular formula is C12H16N2O4S. The van der Waals surface area contributed by atoms with Crippen LogP contribution in [-0.4, -0.2) is 40.9 Å². The Hall–Kier alpha value is -1.76. The average molecular weight is 284 g/mol. The first-order chi connectivity index (χ1) is 9.02. The number of carbonyl (C=O) groups is 2. The summed E-state index contributed by atoms with van der Waals surface area (Å²) in [6.07, 6.45) is 0. The van der Waals surface area contributed by atoms with Crippen molar-refractivity contribution in [2.75, 3.05) is 12.9 Å². The number of pyridine rings is 1. The molecule has 0 spiro atoms. The summed E-state index contributed by atoms with van der Waals surface area (Å²) < 4.78 is 5.00. The Labute approximate surface area is 115 Å². The van der Waals surface area contributed by atoms with Crippen molar-refractivity contribution >= 4 is 23.6 Å². The molecule has 0 aliphatic heterocycles. The summed E-state index contributed by atoms with van der Waals surface area (Å²) in [5.41, 5.74) is 0.802. The number of amides is 1. The van der Waals surface area contributed by atoms with E-state index in [0.29, 0.717) is 11.6 Å². The predicted molar refractivity (Wildman–Crippen MR) is 72.2 cm³/mol. The third-order valence-electron chi connectivity index (χ3n) is 2.20. The maximum Gasteiger partial charge on any atom is 0.327 e. The Kier molecular flexibility index (Phi) is 6.14. The fraction of sp³-hybridized carbons (Fsp3) is 0.417. The van der Waals surface area contributed by atoms with E-state index in [9.17, 15) is 9.59 Å². The number of methoxy groups -OCH3 is 1. The number of rotatable bonds is 7. The summed E-state index contributed by atoms with van der Waals surface area (Å²) in [6, 6.07) is 4.52. The zero-order valence-electron chi connectivity index (χ0n) is 10.8. The summed E-state index contributed by atoms with van der Waals surface area (Å²) >= 11 is 1.39. The Morgan fingerprint density at radius 3 is 2.84 bits per heavy atom. The molecule has 6 nitrogen and oxygen atoms in total. The Balaban J connectivity index is 2.47. The van der Waals surface area contributed by atoms with E-state index in [0.717, 1.165) is 5.69 Å². The molecule has 0 aromatic carbocycles. The molecule has 0 radical (unpaired) electrons.